The van der Waals surface area contributed by atoms with E-state index < -0.39 is 29.7 Å². The van der Waals surface area contributed by atoms with Crippen LogP contribution in [0.3, 0.4) is 0 Å². The van der Waals surface area contributed by atoms with Crippen LogP contribution in [0.1, 0.15) is 34.5 Å². The molecular formula is C23H19F4N3O2S. The number of carbonyl (C=O) groups is 2. The molecule has 3 rings (SSSR count). The minimum absolute atomic E-state index is 0.0667. The number of anilines is 2. The van der Waals surface area contributed by atoms with Gasteiger partial charge in [0.05, 0.1) is 17.3 Å². The highest BCUT2D eigenvalue weighted by atomic mass is 32.1. The molecule has 0 aliphatic carbocycles. The molecule has 0 aromatic heterocycles. The largest absolute Gasteiger partial charge is 0.416 e. The number of amides is 3. The third-order valence-corrected chi connectivity index (χ3v) is 5.16. The van der Waals surface area contributed by atoms with Crippen LogP contribution in [-0.2, 0) is 6.18 Å². The lowest BCUT2D eigenvalue weighted by atomic mass is 10.1. The van der Waals surface area contributed by atoms with Crippen LogP contribution in [0.4, 0.5) is 33.7 Å². The highest BCUT2D eigenvalue weighted by Gasteiger charge is 2.30. The van der Waals surface area contributed by atoms with E-state index in [0.29, 0.717) is 16.9 Å². The second-order valence-corrected chi connectivity index (χ2v) is 7.51. The van der Waals surface area contributed by atoms with Crippen LogP contribution >= 0.6 is 12.8 Å². The standard InChI is InChI=1S/C23H19F4N3O2S/c1-14(15-4-8-18(24)9-5-15)28-22(32)30(33)20-12-10-19(11-13-20)29-21(31)16-2-6-17(7-3-16)23(25,26)27/h2-14,33H,1H3,(H,28,32)(H,29,31). The van der Waals surface area contributed by atoms with Gasteiger partial charge in [-0.2, -0.15) is 13.2 Å². The summed E-state index contributed by atoms with van der Waals surface area (Å²) in [5.74, 6) is -0.955. The van der Waals surface area contributed by atoms with Crippen molar-refractivity contribution < 1.29 is 27.2 Å². The first kappa shape index (κ1) is 24.1. The Morgan fingerprint density at radius 2 is 1.48 bits per heavy atom. The zero-order valence-electron chi connectivity index (χ0n) is 17.2. The summed E-state index contributed by atoms with van der Waals surface area (Å²) in [5.41, 5.74) is 0.731. The van der Waals surface area contributed by atoms with Crippen molar-refractivity contribution in [1.82, 2.24) is 5.32 Å². The van der Waals surface area contributed by atoms with Gasteiger partial charge in [-0.15, -0.1) is 0 Å². The quantitative estimate of drug-likeness (QED) is 0.302. The Hall–Kier alpha value is -3.53. The molecule has 3 amide bonds. The van der Waals surface area contributed by atoms with Gasteiger partial charge in [0.15, 0.2) is 0 Å². The second-order valence-electron chi connectivity index (χ2n) is 7.11. The van der Waals surface area contributed by atoms with Gasteiger partial charge in [-0.1, -0.05) is 24.9 Å². The highest BCUT2D eigenvalue weighted by molar-refractivity contribution is 7.82. The Morgan fingerprint density at radius 3 is 2.03 bits per heavy atom. The topological polar surface area (TPSA) is 61.4 Å². The zero-order valence-corrected chi connectivity index (χ0v) is 18.1. The van der Waals surface area contributed by atoms with Gasteiger partial charge in [0.1, 0.15) is 5.82 Å². The summed E-state index contributed by atoms with van der Waals surface area (Å²) < 4.78 is 52.1. The molecule has 1 unspecified atom stereocenters. The summed E-state index contributed by atoms with van der Waals surface area (Å²) in [6.07, 6.45) is -4.48. The average molecular weight is 477 g/mol. The Balaban J connectivity index is 1.60. The van der Waals surface area contributed by atoms with E-state index in [4.69, 9.17) is 0 Å². The molecule has 0 radical (unpaired) electrons. The molecule has 2 N–H and O–H groups in total. The van der Waals surface area contributed by atoms with Gasteiger partial charge in [-0.05, 0) is 73.2 Å². The first-order valence-corrected chi connectivity index (χ1v) is 10.1. The molecule has 5 nitrogen and oxygen atoms in total. The minimum Gasteiger partial charge on any atom is -0.330 e. The number of thiol groups is 1. The fourth-order valence-electron chi connectivity index (χ4n) is 2.90. The average Bonchev–Trinajstić information content (AvgIpc) is 2.79. The predicted octanol–water partition coefficient (Wildman–Crippen LogP) is 6.22. The Labute approximate surface area is 193 Å². The smallest absolute Gasteiger partial charge is 0.330 e. The lowest BCUT2D eigenvalue weighted by Crippen LogP contribution is -2.35. The number of hydrogen-bond acceptors (Lipinski definition) is 3. The van der Waals surface area contributed by atoms with E-state index in [1.165, 1.54) is 36.4 Å². The van der Waals surface area contributed by atoms with Crippen LogP contribution in [0.2, 0.25) is 0 Å². The number of alkyl halides is 3. The molecule has 0 aliphatic rings. The molecule has 3 aromatic carbocycles. The normalized spacial score (nSPS) is 12.1. The van der Waals surface area contributed by atoms with Crippen molar-refractivity contribution >= 4 is 36.1 Å². The molecule has 10 heteroatoms. The van der Waals surface area contributed by atoms with E-state index >= 15 is 0 Å². The number of nitrogens with zero attached hydrogens (tertiary/aromatic N) is 1. The summed E-state index contributed by atoms with van der Waals surface area (Å²) in [4.78, 5) is 24.7. The van der Waals surface area contributed by atoms with Crippen molar-refractivity contribution in [2.45, 2.75) is 19.1 Å². The maximum Gasteiger partial charge on any atom is 0.416 e. The van der Waals surface area contributed by atoms with Gasteiger partial charge in [-0.25, -0.2) is 13.5 Å². The molecule has 1 atom stereocenters. The van der Waals surface area contributed by atoms with Crippen LogP contribution in [-0.4, -0.2) is 11.9 Å². The third-order valence-electron chi connectivity index (χ3n) is 4.75. The summed E-state index contributed by atoms with van der Waals surface area (Å²) in [6, 6.07) is 14.8. The highest BCUT2D eigenvalue weighted by Crippen LogP contribution is 2.29. The van der Waals surface area contributed by atoms with Crippen molar-refractivity contribution in [3.05, 3.63) is 95.3 Å². The molecule has 0 aliphatic heterocycles. The maximum absolute atomic E-state index is 13.1. The van der Waals surface area contributed by atoms with E-state index in [2.05, 4.69) is 23.4 Å². The minimum atomic E-state index is -4.48. The third kappa shape index (κ3) is 6.26. The van der Waals surface area contributed by atoms with Crippen LogP contribution in [0.25, 0.3) is 0 Å². The first-order valence-electron chi connectivity index (χ1n) is 9.68. The number of urea groups is 1. The lowest BCUT2D eigenvalue weighted by Gasteiger charge is -2.21. The Kier molecular flexibility index (Phi) is 7.27. The second kappa shape index (κ2) is 9.95. The van der Waals surface area contributed by atoms with E-state index in [9.17, 15) is 27.2 Å². The first-order chi connectivity index (χ1) is 15.5. The molecule has 172 valence electrons. The molecule has 3 aromatic rings. The number of hydrogen-bond donors (Lipinski definition) is 3. The lowest BCUT2D eigenvalue weighted by molar-refractivity contribution is -0.137. The van der Waals surface area contributed by atoms with Crippen molar-refractivity contribution in [2.75, 3.05) is 9.62 Å². The van der Waals surface area contributed by atoms with Crippen LogP contribution in [0, 0.1) is 5.82 Å². The molecule has 33 heavy (non-hydrogen) atoms. The predicted molar refractivity (Wildman–Crippen MR) is 121 cm³/mol. The maximum atomic E-state index is 13.1. The number of benzene rings is 3. The number of rotatable bonds is 5. The van der Waals surface area contributed by atoms with Crippen molar-refractivity contribution in [3.8, 4) is 0 Å². The molecule has 0 heterocycles. The molecule has 0 saturated carbocycles. The molecule has 0 bridgehead atoms. The van der Waals surface area contributed by atoms with Crippen LogP contribution < -0.4 is 14.9 Å². The Bertz CT molecular complexity index is 1120. The summed E-state index contributed by atoms with van der Waals surface area (Å²) in [6.45, 7) is 1.74. The molecule has 0 spiro atoms. The summed E-state index contributed by atoms with van der Waals surface area (Å²) >= 11 is 4.19. The fraction of sp³-hybridized carbons (Fsp3) is 0.130. The van der Waals surface area contributed by atoms with Crippen molar-refractivity contribution in [3.63, 3.8) is 0 Å². The molecule has 0 fully saturated rings. The van der Waals surface area contributed by atoms with E-state index in [-0.39, 0.29) is 11.4 Å². The van der Waals surface area contributed by atoms with E-state index in [1.807, 2.05) is 0 Å². The number of halogens is 4. The van der Waals surface area contributed by atoms with Crippen molar-refractivity contribution in [1.29, 1.82) is 0 Å². The molecular weight excluding hydrogens is 458 g/mol. The zero-order chi connectivity index (χ0) is 24.2. The fourth-order valence-corrected chi connectivity index (χ4v) is 3.09. The van der Waals surface area contributed by atoms with Crippen molar-refractivity contribution in [2.24, 2.45) is 0 Å². The van der Waals surface area contributed by atoms with Gasteiger partial charge >= 0.3 is 12.2 Å². The van der Waals surface area contributed by atoms with Gasteiger partial charge in [0.25, 0.3) is 5.91 Å². The van der Waals surface area contributed by atoms with Crippen LogP contribution in [0.5, 0.6) is 0 Å². The number of nitrogens with one attached hydrogen (secondary N) is 2. The Morgan fingerprint density at radius 1 is 0.909 bits per heavy atom. The SMILES string of the molecule is CC(NC(=O)N(S)c1ccc(NC(=O)c2ccc(C(F)(F)F)cc2)cc1)c1ccc(F)cc1. The monoisotopic (exact) mass is 477 g/mol. The summed E-state index contributed by atoms with van der Waals surface area (Å²) in [7, 11) is 0. The van der Waals surface area contributed by atoms with Crippen LogP contribution in [0.15, 0.2) is 72.8 Å². The number of carbonyl (C=O) groups excluding carboxylic acids is 2. The van der Waals surface area contributed by atoms with Gasteiger partial charge < -0.3 is 10.6 Å². The summed E-state index contributed by atoms with van der Waals surface area (Å²) in [5, 5.41) is 5.31. The van der Waals surface area contributed by atoms with E-state index in [1.54, 1.807) is 19.1 Å². The van der Waals surface area contributed by atoms with Gasteiger partial charge in [0, 0.05) is 11.3 Å². The molecule has 0 saturated heterocycles. The van der Waals surface area contributed by atoms with Gasteiger partial charge in [0.2, 0.25) is 0 Å². The van der Waals surface area contributed by atoms with E-state index in [0.717, 1.165) is 28.6 Å². The van der Waals surface area contributed by atoms with Gasteiger partial charge in [-0.3, -0.25) is 4.79 Å².